The minimum atomic E-state index is -0.392. The summed E-state index contributed by atoms with van der Waals surface area (Å²) in [5.41, 5.74) is 1.01. The molecule has 0 saturated carbocycles. The second-order valence-electron chi connectivity index (χ2n) is 3.10. The Morgan fingerprint density at radius 1 is 1.85 bits per heavy atom. The maximum Gasteiger partial charge on any atom is 0.0784 e. The summed E-state index contributed by atoms with van der Waals surface area (Å²) in [5.74, 6) is 0.797. The number of hydrogen-bond donors (Lipinski definition) is 1. The van der Waals surface area contributed by atoms with Crippen molar-refractivity contribution in [2.75, 3.05) is 26.1 Å². The van der Waals surface area contributed by atoms with Gasteiger partial charge in [-0.1, -0.05) is 17.3 Å². The van der Waals surface area contributed by atoms with Gasteiger partial charge >= 0.3 is 0 Å². The van der Waals surface area contributed by atoms with E-state index in [9.17, 15) is 0 Å². The third kappa shape index (κ3) is 2.67. The molecule has 1 atom stereocenters. The smallest absolute Gasteiger partial charge is 0.0784 e. The van der Waals surface area contributed by atoms with Gasteiger partial charge in [0.1, 0.15) is 0 Å². The van der Waals surface area contributed by atoms with Crippen LogP contribution in [0, 0.1) is 4.78 Å². The van der Waals surface area contributed by atoms with Gasteiger partial charge in [-0.25, -0.2) is 0 Å². The molecule has 1 N–H and O–H groups in total. The van der Waals surface area contributed by atoms with E-state index in [0.29, 0.717) is 0 Å². The standard InChI is InChI=1S/C9H16N2OS/c1-8(2)9-6-11(4-5-12-3)7-13(9)10/h6,10H,1,4-5,7H2,2-3H3. The summed E-state index contributed by atoms with van der Waals surface area (Å²) in [6, 6.07) is 0. The first-order valence-electron chi connectivity index (χ1n) is 4.18. The van der Waals surface area contributed by atoms with E-state index in [-0.39, 0.29) is 0 Å². The Morgan fingerprint density at radius 2 is 2.54 bits per heavy atom. The lowest BCUT2D eigenvalue weighted by Gasteiger charge is -2.12. The number of hydrogen-bond acceptors (Lipinski definition) is 3. The van der Waals surface area contributed by atoms with Crippen LogP contribution in [0.2, 0.25) is 0 Å². The minimum absolute atomic E-state index is 0.392. The van der Waals surface area contributed by atoms with Gasteiger partial charge in [-0.2, -0.15) is 0 Å². The number of nitrogens with zero attached hydrogens (tertiary/aromatic N) is 1. The van der Waals surface area contributed by atoms with E-state index in [2.05, 4.69) is 11.5 Å². The van der Waals surface area contributed by atoms with Gasteiger partial charge in [0, 0.05) is 24.8 Å². The zero-order chi connectivity index (χ0) is 9.84. The van der Waals surface area contributed by atoms with Crippen LogP contribution in [0.15, 0.2) is 23.3 Å². The van der Waals surface area contributed by atoms with E-state index in [1.165, 1.54) is 0 Å². The molecule has 3 nitrogen and oxygen atoms in total. The summed E-state index contributed by atoms with van der Waals surface area (Å²) >= 11 is 0. The lowest BCUT2D eigenvalue weighted by molar-refractivity contribution is 0.176. The van der Waals surface area contributed by atoms with Gasteiger partial charge in [-0.15, -0.1) is 0 Å². The van der Waals surface area contributed by atoms with Crippen molar-refractivity contribution in [3.8, 4) is 0 Å². The van der Waals surface area contributed by atoms with Crippen molar-refractivity contribution in [1.29, 1.82) is 4.78 Å². The minimum Gasteiger partial charge on any atom is -0.383 e. The first kappa shape index (κ1) is 10.5. The highest BCUT2D eigenvalue weighted by atomic mass is 32.2. The number of allylic oxidation sites excluding steroid dienone is 1. The van der Waals surface area contributed by atoms with Crippen molar-refractivity contribution in [3.05, 3.63) is 23.3 Å². The average Bonchev–Trinajstić information content (AvgIpc) is 2.43. The summed E-state index contributed by atoms with van der Waals surface area (Å²) < 4.78 is 12.8. The monoisotopic (exact) mass is 200 g/mol. The normalized spacial score (nSPS) is 21.8. The van der Waals surface area contributed by atoms with Crippen molar-refractivity contribution < 1.29 is 4.74 Å². The molecule has 1 unspecified atom stereocenters. The molecular weight excluding hydrogens is 184 g/mol. The maximum atomic E-state index is 7.80. The third-order valence-corrected chi connectivity index (χ3v) is 3.44. The molecule has 0 amide bonds. The fourth-order valence-corrected chi connectivity index (χ4v) is 2.53. The van der Waals surface area contributed by atoms with E-state index in [4.69, 9.17) is 9.52 Å². The lowest BCUT2D eigenvalue weighted by Crippen LogP contribution is -2.20. The van der Waals surface area contributed by atoms with Gasteiger partial charge in [-0.05, 0) is 12.5 Å². The van der Waals surface area contributed by atoms with Gasteiger partial charge in [0.15, 0.2) is 0 Å². The molecule has 1 rings (SSSR count). The summed E-state index contributed by atoms with van der Waals surface area (Å²) in [6.45, 7) is 7.41. The molecule has 1 aliphatic heterocycles. The lowest BCUT2D eigenvalue weighted by atomic mass is 10.3. The Balaban J connectivity index is 2.56. The van der Waals surface area contributed by atoms with E-state index in [1.807, 2.05) is 13.1 Å². The van der Waals surface area contributed by atoms with Crippen LogP contribution in [-0.4, -0.2) is 31.0 Å². The molecule has 74 valence electrons. The van der Waals surface area contributed by atoms with Crippen LogP contribution < -0.4 is 0 Å². The molecule has 0 fully saturated rings. The summed E-state index contributed by atoms with van der Waals surface area (Å²) in [4.78, 5) is 3.21. The number of methoxy groups -OCH3 is 1. The van der Waals surface area contributed by atoms with Crippen LogP contribution in [0.25, 0.3) is 0 Å². The first-order chi connectivity index (χ1) is 6.15. The fraction of sp³-hybridized carbons (Fsp3) is 0.556. The highest BCUT2D eigenvalue weighted by Crippen LogP contribution is 2.21. The summed E-state index contributed by atoms with van der Waals surface area (Å²) in [5, 5.41) is 0. The largest absolute Gasteiger partial charge is 0.383 e. The number of nitrogens with one attached hydrogen (secondary N) is 1. The van der Waals surface area contributed by atoms with Crippen LogP contribution in [0.3, 0.4) is 0 Å². The van der Waals surface area contributed by atoms with Gasteiger partial charge in [0.2, 0.25) is 0 Å². The molecule has 0 aromatic carbocycles. The van der Waals surface area contributed by atoms with E-state index in [0.717, 1.165) is 29.5 Å². The molecule has 1 aliphatic rings. The summed E-state index contributed by atoms with van der Waals surface area (Å²) in [7, 11) is 1.30. The van der Waals surface area contributed by atoms with Crippen LogP contribution >= 0.6 is 0 Å². The molecule has 0 saturated heterocycles. The van der Waals surface area contributed by atoms with Crippen molar-refractivity contribution in [2.24, 2.45) is 0 Å². The third-order valence-electron chi connectivity index (χ3n) is 1.86. The van der Waals surface area contributed by atoms with Crippen molar-refractivity contribution in [3.63, 3.8) is 0 Å². The number of rotatable bonds is 4. The molecule has 0 spiro atoms. The van der Waals surface area contributed by atoms with E-state index < -0.39 is 10.7 Å². The van der Waals surface area contributed by atoms with E-state index >= 15 is 0 Å². The second-order valence-corrected chi connectivity index (χ2v) is 4.58. The molecule has 0 radical (unpaired) electrons. The molecule has 0 aromatic heterocycles. The Labute approximate surface area is 82.0 Å². The van der Waals surface area contributed by atoms with Gasteiger partial charge in [-0.3, -0.25) is 4.78 Å². The Bertz CT molecular complexity index is 260. The molecular formula is C9H16N2OS. The highest BCUT2D eigenvalue weighted by Gasteiger charge is 2.16. The molecule has 0 aromatic rings. The predicted molar refractivity (Wildman–Crippen MR) is 56.4 cm³/mol. The molecule has 4 heteroatoms. The van der Waals surface area contributed by atoms with Crippen LogP contribution in [0.4, 0.5) is 0 Å². The molecule has 13 heavy (non-hydrogen) atoms. The van der Waals surface area contributed by atoms with Gasteiger partial charge in [0.05, 0.1) is 12.5 Å². The molecule has 0 aliphatic carbocycles. The maximum absolute atomic E-state index is 7.80. The van der Waals surface area contributed by atoms with Crippen molar-refractivity contribution in [1.82, 2.24) is 4.90 Å². The summed E-state index contributed by atoms with van der Waals surface area (Å²) in [6.07, 6.45) is 2.04. The Kier molecular flexibility index (Phi) is 3.69. The molecule has 0 bridgehead atoms. The van der Waals surface area contributed by atoms with Crippen molar-refractivity contribution >= 4 is 10.7 Å². The van der Waals surface area contributed by atoms with Gasteiger partial charge < -0.3 is 9.64 Å². The quantitative estimate of drug-likeness (QED) is 0.750. The topological polar surface area (TPSA) is 36.3 Å². The SMILES string of the molecule is C=C(C)C1=CN(CCOC)CS1=N. The average molecular weight is 200 g/mol. The Hall–Kier alpha value is -0.610. The number of ether oxygens (including phenoxy) is 1. The van der Waals surface area contributed by atoms with Crippen LogP contribution in [0.1, 0.15) is 6.92 Å². The predicted octanol–water partition coefficient (Wildman–Crippen LogP) is 1.70. The van der Waals surface area contributed by atoms with Crippen molar-refractivity contribution in [2.45, 2.75) is 6.92 Å². The zero-order valence-corrected chi connectivity index (χ0v) is 8.99. The second kappa shape index (κ2) is 4.58. The highest BCUT2D eigenvalue weighted by molar-refractivity contribution is 7.90. The molecule has 1 heterocycles. The van der Waals surface area contributed by atoms with Gasteiger partial charge in [0.25, 0.3) is 0 Å². The Morgan fingerprint density at radius 3 is 3.00 bits per heavy atom. The van der Waals surface area contributed by atoms with Crippen LogP contribution in [-0.2, 0) is 15.4 Å². The van der Waals surface area contributed by atoms with E-state index in [1.54, 1.807) is 7.11 Å². The zero-order valence-electron chi connectivity index (χ0n) is 8.17. The van der Waals surface area contributed by atoms with Crippen LogP contribution in [0.5, 0.6) is 0 Å². The first-order valence-corrected chi connectivity index (χ1v) is 5.57. The fourth-order valence-electron chi connectivity index (χ4n) is 1.16.